The molecule has 0 atom stereocenters. The molecule has 3 nitrogen and oxygen atoms in total. The van der Waals surface area contributed by atoms with E-state index in [1.807, 2.05) is 0 Å². The van der Waals surface area contributed by atoms with Crippen LogP contribution in [0, 0.1) is 6.92 Å². The third-order valence-corrected chi connectivity index (χ3v) is 2.81. The predicted octanol–water partition coefficient (Wildman–Crippen LogP) is 1.68. The quantitative estimate of drug-likeness (QED) is 0.791. The molecule has 1 aromatic heterocycles. The van der Waals surface area contributed by atoms with E-state index in [1.165, 1.54) is 18.4 Å². The lowest BCUT2D eigenvalue weighted by Gasteiger charge is -2.09. The number of nitrogens with two attached hydrogens (primary N) is 1. The van der Waals surface area contributed by atoms with Crippen LogP contribution >= 0.6 is 0 Å². The van der Waals surface area contributed by atoms with Crippen molar-refractivity contribution in [1.29, 1.82) is 0 Å². The smallest absolute Gasteiger partial charge is 0.132 e. The van der Waals surface area contributed by atoms with E-state index in [0.717, 1.165) is 23.6 Å². The summed E-state index contributed by atoms with van der Waals surface area (Å²) in [6.45, 7) is 4.72. The van der Waals surface area contributed by atoms with Gasteiger partial charge in [0.2, 0.25) is 0 Å². The van der Waals surface area contributed by atoms with Crippen LogP contribution in [0.25, 0.3) is 0 Å². The molecule has 2 rings (SSSR count). The van der Waals surface area contributed by atoms with E-state index >= 15 is 0 Å². The lowest BCUT2D eigenvalue weighted by atomic mass is 10.1. The Hall–Kier alpha value is -0.960. The second-order valence-electron chi connectivity index (χ2n) is 3.92. The van der Waals surface area contributed by atoms with Crippen molar-refractivity contribution in [3.8, 4) is 0 Å². The number of hydrogen-bond acceptors (Lipinski definition) is 3. The minimum absolute atomic E-state index is 0.534. The molecule has 0 radical (unpaired) electrons. The highest BCUT2D eigenvalue weighted by Gasteiger charge is 2.27. The van der Waals surface area contributed by atoms with Gasteiger partial charge < -0.3 is 5.73 Å². The fraction of sp³-hybridized carbons (Fsp3) is 0.636. The minimum Gasteiger partial charge on any atom is -0.325 e. The third kappa shape index (κ3) is 1.64. The van der Waals surface area contributed by atoms with Gasteiger partial charge in [-0.1, -0.05) is 6.92 Å². The largest absolute Gasteiger partial charge is 0.325 e. The summed E-state index contributed by atoms with van der Waals surface area (Å²) < 4.78 is 0. The molecule has 0 spiro atoms. The third-order valence-electron chi connectivity index (χ3n) is 2.81. The summed E-state index contributed by atoms with van der Waals surface area (Å²) in [5.74, 6) is 1.63. The van der Waals surface area contributed by atoms with Crippen molar-refractivity contribution in [2.45, 2.75) is 45.6 Å². The van der Waals surface area contributed by atoms with Gasteiger partial charge in [-0.15, -0.1) is 0 Å². The highest BCUT2D eigenvalue weighted by molar-refractivity contribution is 5.26. The molecule has 1 aliphatic carbocycles. The van der Waals surface area contributed by atoms with Gasteiger partial charge in [0.15, 0.2) is 0 Å². The van der Waals surface area contributed by atoms with Crippen molar-refractivity contribution in [3.05, 3.63) is 22.8 Å². The van der Waals surface area contributed by atoms with Crippen molar-refractivity contribution in [2.75, 3.05) is 0 Å². The summed E-state index contributed by atoms with van der Waals surface area (Å²) in [5.41, 5.74) is 9.09. The molecule has 0 bridgehead atoms. The zero-order valence-electron chi connectivity index (χ0n) is 8.88. The Morgan fingerprint density at radius 3 is 2.57 bits per heavy atom. The molecule has 1 saturated carbocycles. The van der Waals surface area contributed by atoms with Crippen LogP contribution in [0.1, 0.15) is 48.5 Å². The van der Waals surface area contributed by atoms with Crippen molar-refractivity contribution < 1.29 is 0 Å². The summed E-state index contributed by atoms with van der Waals surface area (Å²) in [5, 5.41) is 0. The molecular formula is C11H17N3. The van der Waals surface area contributed by atoms with Crippen LogP contribution in [0.5, 0.6) is 0 Å². The summed E-state index contributed by atoms with van der Waals surface area (Å²) in [6.07, 6.45) is 3.47. The van der Waals surface area contributed by atoms with E-state index in [9.17, 15) is 0 Å². The standard InChI is InChI=1S/C11H17N3/c1-3-9-7(2)13-11(8-4-5-8)14-10(9)6-12/h8H,3-6,12H2,1-2H3. The Balaban J connectivity index is 2.43. The maximum Gasteiger partial charge on any atom is 0.132 e. The fourth-order valence-corrected chi connectivity index (χ4v) is 1.83. The number of aromatic nitrogens is 2. The lowest BCUT2D eigenvalue weighted by molar-refractivity contribution is 0.817. The Morgan fingerprint density at radius 2 is 2.07 bits per heavy atom. The molecule has 0 unspecified atom stereocenters. The van der Waals surface area contributed by atoms with Gasteiger partial charge in [0.25, 0.3) is 0 Å². The number of aryl methyl sites for hydroxylation is 1. The van der Waals surface area contributed by atoms with E-state index in [0.29, 0.717) is 12.5 Å². The molecule has 0 saturated heterocycles. The van der Waals surface area contributed by atoms with E-state index in [4.69, 9.17) is 5.73 Å². The second kappa shape index (κ2) is 3.65. The van der Waals surface area contributed by atoms with Crippen LogP contribution in [0.4, 0.5) is 0 Å². The highest BCUT2D eigenvalue weighted by atomic mass is 14.9. The minimum atomic E-state index is 0.534. The summed E-state index contributed by atoms with van der Waals surface area (Å²) in [7, 11) is 0. The number of nitrogens with zero attached hydrogens (tertiary/aromatic N) is 2. The topological polar surface area (TPSA) is 51.8 Å². The summed E-state index contributed by atoms with van der Waals surface area (Å²) >= 11 is 0. The molecule has 0 amide bonds. The van der Waals surface area contributed by atoms with Gasteiger partial charge in [-0.3, -0.25) is 0 Å². The van der Waals surface area contributed by atoms with Crippen LogP contribution in [-0.2, 0) is 13.0 Å². The van der Waals surface area contributed by atoms with Gasteiger partial charge in [0.05, 0.1) is 5.69 Å². The van der Waals surface area contributed by atoms with Crippen LogP contribution in [-0.4, -0.2) is 9.97 Å². The van der Waals surface area contributed by atoms with Crippen LogP contribution in [0.2, 0.25) is 0 Å². The maximum absolute atomic E-state index is 5.69. The Labute approximate surface area is 84.8 Å². The molecule has 14 heavy (non-hydrogen) atoms. The molecule has 1 heterocycles. The zero-order chi connectivity index (χ0) is 10.1. The van der Waals surface area contributed by atoms with Gasteiger partial charge >= 0.3 is 0 Å². The molecular weight excluding hydrogens is 174 g/mol. The Bertz CT molecular complexity index is 343. The maximum atomic E-state index is 5.69. The monoisotopic (exact) mass is 191 g/mol. The predicted molar refractivity (Wildman–Crippen MR) is 56.0 cm³/mol. The normalized spacial score (nSPS) is 15.9. The van der Waals surface area contributed by atoms with Gasteiger partial charge in [0.1, 0.15) is 5.82 Å². The molecule has 0 aliphatic heterocycles. The van der Waals surface area contributed by atoms with Gasteiger partial charge in [-0.2, -0.15) is 0 Å². The van der Waals surface area contributed by atoms with Crippen molar-refractivity contribution in [2.24, 2.45) is 5.73 Å². The average Bonchev–Trinajstić information content (AvgIpc) is 2.99. The van der Waals surface area contributed by atoms with Crippen LogP contribution < -0.4 is 5.73 Å². The van der Waals surface area contributed by atoms with Crippen molar-refractivity contribution >= 4 is 0 Å². The van der Waals surface area contributed by atoms with Gasteiger partial charge in [-0.05, 0) is 31.7 Å². The first-order valence-electron chi connectivity index (χ1n) is 5.32. The number of rotatable bonds is 3. The van der Waals surface area contributed by atoms with E-state index in [-0.39, 0.29) is 0 Å². The molecule has 1 aromatic rings. The first-order valence-corrected chi connectivity index (χ1v) is 5.32. The van der Waals surface area contributed by atoms with Crippen LogP contribution in [0.3, 0.4) is 0 Å². The Kier molecular flexibility index (Phi) is 2.50. The second-order valence-corrected chi connectivity index (χ2v) is 3.92. The van der Waals surface area contributed by atoms with Crippen molar-refractivity contribution in [1.82, 2.24) is 9.97 Å². The first-order chi connectivity index (χ1) is 6.76. The van der Waals surface area contributed by atoms with Gasteiger partial charge in [0, 0.05) is 18.2 Å². The Morgan fingerprint density at radius 1 is 1.36 bits per heavy atom. The molecule has 3 heteroatoms. The highest BCUT2D eigenvalue weighted by Crippen LogP contribution is 2.38. The molecule has 1 fully saturated rings. The molecule has 2 N–H and O–H groups in total. The fourth-order valence-electron chi connectivity index (χ4n) is 1.83. The SMILES string of the molecule is CCc1c(C)nc(C2CC2)nc1CN. The first kappa shape index (κ1) is 9.59. The molecule has 0 aromatic carbocycles. The van der Waals surface area contributed by atoms with E-state index < -0.39 is 0 Å². The molecule has 76 valence electrons. The average molecular weight is 191 g/mol. The molecule has 1 aliphatic rings. The van der Waals surface area contributed by atoms with Crippen molar-refractivity contribution in [3.63, 3.8) is 0 Å². The summed E-state index contributed by atoms with van der Waals surface area (Å²) in [6, 6.07) is 0. The van der Waals surface area contributed by atoms with Gasteiger partial charge in [-0.25, -0.2) is 9.97 Å². The van der Waals surface area contributed by atoms with E-state index in [2.05, 4.69) is 23.8 Å². The van der Waals surface area contributed by atoms with E-state index in [1.54, 1.807) is 0 Å². The summed E-state index contributed by atoms with van der Waals surface area (Å²) in [4.78, 5) is 9.10. The van der Waals surface area contributed by atoms with Crippen LogP contribution in [0.15, 0.2) is 0 Å². The zero-order valence-corrected chi connectivity index (χ0v) is 8.88. The number of hydrogen-bond donors (Lipinski definition) is 1. The lowest BCUT2D eigenvalue weighted by Crippen LogP contribution is -2.10.